The van der Waals surface area contributed by atoms with Gasteiger partial charge in [0.15, 0.2) is 5.78 Å². The Hall–Kier alpha value is -0.370. The number of carbonyl (C=O) groups is 1. The second-order valence-electron chi connectivity index (χ2n) is 8.41. The van der Waals surface area contributed by atoms with E-state index in [-0.39, 0.29) is 17.5 Å². The van der Waals surface area contributed by atoms with Crippen LogP contribution in [0.4, 0.5) is 0 Å². The molecule has 2 fully saturated rings. The van der Waals surface area contributed by atoms with Crippen molar-refractivity contribution >= 4 is 5.78 Å². The van der Waals surface area contributed by atoms with Crippen LogP contribution in [0.2, 0.25) is 0 Å². The van der Waals surface area contributed by atoms with Crippen LogP contribution in [-0.4, -0.2) is 28.8 Å². The Morgan fingerprint density at radius 2 is 1.70 bits per heavy atom. The van der Waals surface area contributed by atoms with E-state index in [1.54, 1.807) is 0 Å². The molecular weight excluding hydrogens is 246 g/mol. The first-order chi connectivity index (χ1) is 9.23. The monoisotopic (exact) mass is 279 g/mol. The molecule has 20 heavy (non-hydrogen) atoms. The SMILES string of the molecule is CC(C)C(C)C(=O)[C@@H]1[C@H]2CCCC[C@H]2CN1C(C)(C)C. The van der Waals surface area contributed by atoms with Gasteiger partial charge in [-0.1, -0.05) is 33.6 Å². The van der Waals surface area contributed by atoms with Gasteiger partial charge in [-0.2, -0.15) is 0 Å². The molecule has 0 radical (unpaired) electrons. The third kappa shape index (κ3) is 2.95. The van der Waals surface area contributed by atoms with Gasteiger partial charge in [0.2, 0.25) is 0 Å². The predicted octanol–water partition coefficient (Wildman–Crippen LogP) is 4.14. The molecule has 1 saturated heterocycles. The lowest BCUT2D eigenvalue weighted by molar-refractivity contribution is -0.131. The van der Waals surface area contributed by atoms with Gasteiger partial charge in [0.25, 0.3) is 0 Å². The van der Waals surface area contributed by atoms with Crippen molar-refractivity contribution in [2.24, 2.45) is 23.7 Å². The van der Waals surface area contributed by atoms with Crippen LogP contribution in [0.25, 0.3) is 0 Å². The Bertz CT molecular complexity index is 355. The van der Waals surface area contributed by atoms with E-state index < -0.39 is 0 Å². The van der Waals surface area contributed by atoms with Crippen molar-refractivity contribution in [3.63, 3.8) is 0 Å². The van der Waals surface area contributed by atoms with Gasteiger partial charge < -0.3 is 0 Å². The highest BCUT2D eigenvalue weighted by molar-refractivity contribution is 5.87. The second-order valence-corrected chi connectivity index (χ2v) is 8.41. The van der Waals surface area contributed by atoms with Crippen molar-refractivity contribution in [2.45, 2.75) is 78.8 Å². The third-order valence-electron chi connectivity index (χ3n) is 5.74. The maximum Gasteiger partial charge on any atom is 0.153 e. The molecule has 0 aromatic heterocycles. The molecule has 1 heterocycles. The Kier molecular flexibility index (Phi) is 4.63. The summed E-state index contributed by atoms with van der Waals surface area (Å²) >= 11 is 0. The zero-order valence-corrected chi connectivity index (χ0v) is 14.3. The molecule has 116 valence electrons. The zero-order chi connectivity index (χ0) is 15.1. The Morgan fingerprint density at radius 3 is 2.25 bits per heavy atom. The van der Waals surface area contributed by atoms with Gasteiger partial charge in [-0.25, -0.2) is 0 Å². The average Bonchev–Trinajstić information content (AvgIpc) is 2.76. The van der Waals surface area contributed by atoms with Crippen LogP contribution in [-0.2, 0) is 4.79 Å². The number of fused-ring (bicyclic) bond motifs is 1. The summed E-state index contributed by atoms with van der Waals surface area (Å²) in [7, 11) is 0. The molecular formula is C18H33NO. The number of Topliss-reactive ketones (excluding diaryl/α,β-unsaturated/α-hetero) is 1. The largest absolute Gasteiger partial charge is 0.298 e. The van der Waals surface area contributed by atoms with Crippen LogP contribution in [0.5, 0.6) is 0 Å². The van der Waals surface area contributed by atoms with Crippen molar-refractivity contribution in [1.82, 2.24) is 4.90 Å². The predicted molar refractivity (Wildman–Crippen MR) is 84.7 cm³/mol. The molecule has 1 aliphatic heterocycles. The normalized spacial score (nSPS) is 33.2. The number of rotatable bonds is 3. The number of ketones is 1. The molecule has 0 aromatic carbocycles. The highest BCUT2D eigenvalue weighted by atomic mass is 16.1. The lowest BCUT2D eigenvalue weighted by atomic mass is 9.75. The maximum atomic E-state index is 13.1. The first kappa shape index (κ1) is 16.0. The summed E-state index contributed by atoms with van der Waals surface area (Å²) in [5.74, 6) is 2.52. The van der Waals surface area contributed by atoms with E-state index in [1.807, 2.05) is 0 Å². The lowest BCUT2D eigenvalue weighted by Gasteiger charge is -2.39. The van der Waals surface area contributed by atoms with Crippen LogP contribution < -0.4 is 0 Å². The first-order valence-corrected chi connectivity index (χ1v) is 8.54. The van der Waals surface area contributed by atoms with Crippen LogP contribution in [0.3, 0.4) is 0 Å². The van der Waals surface area contributed by atoms with E-state index in [0.29, 0.717) is 17.6 Å². The fourth-order valence-corrected chi connectivity index (χ4v) is 4.13. The minimum Gasteiger partial charge on any atom is -0.298 e. The number of hydrogen-bond donors (Lipinski definition) is 0. The Morgan fingerprint density at radius 1 is 1.10 bits per heavy atom. The number of carbonyl (C=O) groups excluding carboxylic acids is 1. The number of nitrogens with zero attached hydrogens (tertiary/aromatic N) is 1. The van der Waals surface area contributed by atoms with Crippen LogP contribution in [0.1, 0.15) is 67.2 Å². The summed E-state index contributed by atoms with van der Waals surface area (Å²) < 4.78 is 0. The fraction of sp³-hybridized carbons (Fsp3) is 0.944. The highest BCUT2D eigenvalue weighted by Gasteiger charge is 2.50. The van der Waals surface area contributed by atoms with Crippen molar-refractivity contribution < 1.29 is 4.79 Å². The van der Waals surface area contributed by atoms with Gasteiger partial charge in [0.05, 0.1) is 6.04 Å². The molecule has 1 unspecified atom stereocenters. The van der Waals surface area contributed by atoms with E-state index >= 15 is 0 Å². The molecule has 0 aromatic rings. The summed E-state index contributed by atoms with van der Waals surface area (Å²) in [5, 5.41) is 0. The van der Waals surface area contributed by atoms with E-state index in [2.05, 4.69) is 46.4 Å². The molecule has 0 spiro atoms. The fourth-order valence-electron chi connectivity index (χ4n) is 4.13. The molecule has 1 aliphatic carbocycles. The molecule has 2 aliphatic rings. The van der Waals surface area contributed by atoms with Gasteiger partial charge in [-0.15, -0.1) is 0 Å². The van der Waals surface area contributed by atoms with Gasteiger partial charge in [0, 0.05) is 18.0 Å². The third-order valence-corrected chi connectivity index (χ3v) is 5.74. The zero-order valence-electron chi connectivity index (χ0n) is 14.3. The Balaban J connectivity index is 2.26. The Labute approximate surface area is 125 Å². The standard InChI is InChI=1S/C18H33NO/c1-12(2)13(3)17(20)16-15-10-8-7-9-14(15)11-19(16)18(4,5)6/h12-16H,7-11H2,1-6H3/t13?,14-,15-,16-/m0/s1. The number of likely N-dealkylation sites (tertiary alicyclic amines) is 1. The minimum absolute atomic E-state index is 0.106. The highest BCUT2D eigenvalue weighted by Crippen LogP contribution is 2.44. The maximum absolute atomic E-state index is 13.1. The first-order valence-electron chi connectivity index (χ1n) is 8.54. The molecule has 0 bridgehead atoms. The van der Waals surface area contributed by atoms with Crippen LogP contribution >= 0.6 is 0 Å². The summed E-state index contributed by atoms with van der Waals surface area (Å²) in [4.78, 5) is 15.6. The van der Waals surface area contributed by atoms with Gasteiger partial charge in [-0.05, 0) is 51.4 Å². The van der Waals surface area contributed by atoms with E-state index in [4.69, 9.17) is 0 Å². The van der Waals surface area contributed by atoms with Crippen molar-refractivity contribution in [2.75, 3.05) is 6.54 Å². The molecule has 4 atom stereocenters. The molecule has 0 amide bonds. The van der Waals surface area contributed by atoms with Crippen LogP contribution in [0.15, 0.2) is 0 Å². The molecule has 0 N–H and O–H groups in total. The lowest BCUT2D eigenvalue weighted by Crippen LogP contribution is -2.51. The summed E-state index contributed by atoms with van der Waals surface area (Å²) in [5.41, 5.74) is 0.106. The average molecular weight is 279 g/mol. The van der Waals surface area contributed by atoms with E-state index in [1.165, 1.54) is 25.7 Å². The molecule has 2 heteroatoms. The summed E-state index contributed by atoms with van der Waals surface area (Å²) in [6.45, 7) is 14.4. The van der Waals surface area contributed by atoms with E-state index in [9.17, 15) is 4.79 Å². The molecule has 1 saturated carbocycles. The van der Waals surface area contributed by atoms with E-state index in [0.717, 1.165) is 12.5 Å². The van der Waals surface area contributed by atoms with Crippen molar-refractivity contribution in [3.05, 3.63) is 0 Å². The van der Waals surface area contributed by atoms with Crippen molar-refractivity contribution in [3.8, 4) is 0 Å². The smallest absolute Gasteiger partial charge is 0.153 e. The molecule has 2 nitrogen and oxygen atoms in total. The number of hydrogen-bond acceptors (Lipinski definition) is 2. The minimum atomic E-state index is 0.106. The summed E-state index contributed by atoms with van der Waals surface area (Å²) in [6.07, 6.45) is 5.27. The molecule has 2 rings (SSSR count). The van der Waals surface area contributed by atoms with Crippen LogP contribution in [0, 0.1) is 23.7 Å². The van der Waals surface area contributed by atoms with Gasteiger partial charge in [0.1, 0.15) is 0 Å². The van der Waals surface area contributed by atoms with Gasteiger partial charge in [-0.3, -0.25) is 9.69 Å². The van der Waals surface area contributed by atoms with Crippen molar-refractivity contribution in [1.29, 1.82) is 0 Å². The second kappa shape index (κ2) is 5.79. The van der Waals surface area contributed by atoms with Gasteiger partial charge >= 0.3 is 0 Å². The quantitative estimate of drug-likeness (QED) is 0.774. The topological polar surface area (TPSA) is 20.3 Å². The summed E-state index contributed by atoms with van der Waals surface area (Å²) in [6, 6.07) is 0.178.